The molecule has 2 aromatic rings. The summed E-state index contributed by atoms with van der Waals surface area (Å²) in [4.78, 5) is 14.3. The summed E-state index contributed by atoms with van der Waals surface area (Å²) in [6, 6.07) is 12.1. The molecule has 1 N–H and O–H groups in total. The smallest absolute Gasteiger partial charge is 0.287 e. The van der Waals surface area contributed by atoms with Crippen molar-refractivity contribution in [3.8, 4) is 0 Å². The molecule has 1 aromatic carbocycles. The van der Waals surface area contributed by atoms with Crippen LogP contribution in [-0.4, -0.2) is 15.9 Å². The Bertz CT molecular complexity index is 684. The van der Waals surface area contributed by atoms with Gasteiger partial charge in [-0.3, -0.25) is 10.1 Å². The van der Waals surface area contributed by atoms with Gasteiger partial charge in [0.15, 0.2) is 0 Å². The first-order valence-electron chi connectivity index (χ1n) is 6.69. The lowest BCUT2D eigenvalue weighted by Gasteiger charge is -2.09. The largest absolute Gasteiger partial charge is 0.366 e. The average molecular weight is 267 g/mol. The number of anilines is 1. The average Bonchev–Trinajstić information content (AvgIpc) is 2.97. The predicted octanol–water partition coefficient (Wildman–Crippen LogP) is 2.74. The molecule has 1 saturated carbocycles. The van der Waals surface area contributed by atoms with Crippen molar-refractivity contribution in [2.45, 2.75) is 18.4 Å². The van der Waals surface area contributed by atoms with Gasteiger partial charge in [0.1, 0.15) is 12.0 Å². The van der Waals surface area contributed by atoms with E-state index in [1.54, 1.807) is 6.07 Å². The summed E-state index contributed by atoms with van der Waals surface area (Å²) in [6.45, 7) is 0. The van der Waals surface area contributed by atoms with Crippen LogP contribution in [0.1, 0.15) is 17.0 Å². The third-order valence-electron chi connectivity index (χ3n) is 4.31. The first kappa shape index (κ1) is 11.4. The quantitative estimate of drug-likeness (QED) is 0.685. The van der Waals surface area contributed by atoms with E-state index in [0.29, 0.717) is 23.7 Å². The van der Waals surface area contributed by atoms with Crippen molar-refractivity contribution in [1.82, 2.24) is 4.98 Å². The van der Waals surface area contributed by atoms with Gasteiger partial charge in [-0.25, -0.2) is 4.98 Å². The minimum Gasteiger partial charge on any atom is -0.366 e. The number of hydrogen-bond donors (Lipinski definition) is 1. The number of aromatic nitrogens is 1. The second-order valence-corrected chi connectivity index (χ2v) is 5.42. The Labute approximate surface area is 115 Å². The summed E-state index contributed by atoms with van der Waals surface area (Å²) in [5, 5.41) is 14.0. The third-order valence-corrected chi connectivity index (χ3v) is 4.31. The Hall–Kier alpha value is -2.43. The molecule has 2 aliphatic carbocycles. The lowest BCUT2D eigenvalue weighted by atomic mass is 10.1. The van der Waals surface area contributed by atoms with E-state index in [9.17, 15) is 10.1 Å². The van der Waals surface area contributed by atoms with Gasteiger partial charge in [-0.1, -0.05) is 24.3 Å². The molecule has 5 nitrogen and oxygen atoms in total. The first-order chi connectivity index (χ1) is 9.74. The summed E-state index contributed by atoms with van der Waals surface area (Å²) in [7, 11) is 0. The van der Waals surface area contributed by atoms with Crippen LogP contribution in [0.15, 0.2) is 42.6 Å². The molecule has 0 saturated heterocycles. The Morgan fingerprint density at radius 2 is 2.10 bits per heavy atom. The minimum atomic E-state index is -0.432. The van der Waals surface area contributed by atoms with Crippen LogP contribution in [0.3, 0.4) is 0 Å². The second-order valence-electron chi connectivity index (χ2n) is 5.42. The number of rotatable bonds is 3. The molecular formula is C15H13N3O2. The van der Waals surface area contributed by atoms with Crippen LogP contribution in [0.25, 0.3) is 0 Å². The topological polar surface area (TPSA) is 68.1 Å². The highest BCUT2D eigenvalue weighted by Gasteiger charge is 2.55. The standard InChI is InChI=1S/C15H13N3O2/c19-18(20)10-5-6-13(16-8-10)17-15-12-7-9-3-1-2-4-11(9)14(12)15/h1-6,8,12,14-15H,7H2,(H,16,17). The van der Waals surface area contributed by atoms with Crippen molar-refractivity contribution in [3.63, 3.8) is 0 Å². The molecule has 3 unspecified atom stereocenters. The van der Waals surface area contributed by atoms with E-state index in [0.717, 1.165) is 6.42 Å². The Balaban J connectivity index is 1.49. The van der Waals surface area contributed by atoms with Gasteiger partial charge in [0, 0.05) is 18.0 Å². The Morgan fingerprint density at radius 1 is 1.25 bits per heavy atom. The third kappa shape index (κ3) is 1.66. The highest BCUT2D eigenvalue weighted by molar-refractivity contribution is 5.51. The number of benzene rings is 1. The monoisotopic (exact) mass is 267 g/mol. The summed E-state index contributed by atoms with van der Waals surface area (Å²) in [5.74, 6) is 1.93. The molecule has 20 heavy (non-hydrogen) atoms. The summed E-state index contributed by atoms with van der Waals surface area (Å²) < 4.78 is 0. The number of pyridine rings is 1. The number of hydrogen-bond acceptors (Lipinski definition) is 4. The maximum absolute atomic E-state index is 10.6. The molecule has 0 amide bonds. The van der Waals surface area contributed by atoms with Gasteiger partial charge in [0.05, 0.1) is 4.92 Å². The van der Waals surface area contributed by atoms with Crippen LogP contribution in [-0.2, 0) is 6.42 Å². The number of nitrogens with one attached hydrogen (secondary N) is 1. The van der Waals surface area contributed by atoms with E-state index < -0.39 is 4.92 Å². The van der Waals surface area contributed by atoms with Gasteiger partial charge in [-0.15, -0.1) is 0 Å². The van der Waals surface area contributed by atoms with Gasteiger partial charge in [0.2, 0.25) is 0 Å². The zero-order valence-corrected chi connectivity index (χ0v) is 10.7. The molecule has 1 heterocycles. The predicted molar refractivity (Wildman–Crippen MR) is 74.7 cm³/mol. The normalized spacial score (nSPS) is 25.7. The van der Waals surface area contributed by atoms with Crippen molar-refractivity contribution < 1.29 is 4.92 Å². The number of nitrogens with zero attached hydrogens (tertiary/aromatic N) is 2. The van der Waals surface area contributed by atoms with Gasteiger partial charge >= 0.3 is 0 Å². The molecule has 2 aliphatic rings. The number of nitro groups is 1. The SMILES string of the molecule is O=[N+]([O-])c1ccc(NC2C3Cc4ccccc4C32)nc1. The molecule has 4 rings (SSSR count). The Kier molecular flexibility index (Phi) is 2.30. The van der Waals surface area contributed by atoms with Crippen LogP contribution in [0, 0.1) is 16.0 Å². The zero-order valence-electron chi connectivity index (χ0n) is 10.7. The fraction of sp³-hybridized carbons (Fsp3) is 0.267. The molecule has 0 aliphatic heterocycles. The van der Waals surface area contributed by atoms with Crippen LogP contribution >= 0.6 is 0 Å². The van der Waals surface area contributed by atoms with Crippen LogP contribution < -0.4 is 5.32 Å². The van der Waals surface area contributed by atoms with E-state index in [-0.39, 0.29) is 5.69 Å². The van der Waals surface area contributed by atoms with Gasteiger partial charge in [-0.05, 0) is 29.5 Å². The molecule has 0 bridgehead atoms. The van der Waals surface area contributed by atoms with Gasteiger partial charge in [-0.2, -0.15) is 0 Å². The Morgan fingerprint density at radius 3 is 2.85 bits per heavy atom. The summed E-state index contributed by atoms with van der Waals surface area (Å²) in [5.41, 5.74) is 2.92. The highest BCUT2D eigenvalue weighted by atomic mass is 16.6. The molecule has 5 heteroatoms. The van der Waals surface area contributed by atoms with Gasteiger partial charge in [0.25, 0.3) is 5.69 Å². The van der Waals surface area contributed by atoms with Crippen molar-refractivity contribution >= 4 is 11.5 Å². The maximum atomic E-state index is 10.6. The summed E-state index contributed by atoms with van der Waals surface area (Å²) >= 11 is 0. The van der Waals surface area contributed by atoms with Gasteiger partial charge < -0.3 is 5.32 Å². The minimum absolute atomic E-state index is 0.0249. The number of fused-ring (bicyclic) bond motifs is 3. The van der Waals surface area contributed by atoms with Crippen molar-refractivity contribution in [3.05, 3.63) is 63.8 Å². The zero-order chi connectivity index (χ0) is 13.7. The lowest BCUT2D eigenvalue weighted by Crippen LogP contribution is -2.10. The van der Waals surface area contributed by atoms with E-state index in [2.05, 4.69) is 34.6 Å². The van der Waals surface area contributed by atoms with Crippen LogP contribution in [0.5, 0.6) is 0 Å². The van der Waals surface area contributed by atoms with E-state index in [1.807, 2.05) is 0 Å². The highest BCUT2D eigenvalue weighted by Crippen LogP contribution is 2.57. The molecule has 0 radical (unpaired) electrons. The fourth-order valence-corrected chi connectivity index (χ4v) is 3.30. The molecule has 1 aromatic heterocycles. The second kappa shape index (κ2) is 4.03. The molecule has 3 atom stereocenters. The van der Waals surface area contributed by atoms with Crippen molar-refractivity contribution in [2.75, 3.05) is 5.32 Å². The molecule has 1 fully saturated rings. The first-order valence-corrected chi connectivity index (χ1v) is 6.69. The van der Waals surface area contributed by atoms with Crippen LogP contribution in [0.2, 0.25) is 0 Å². The maximum Gasteiger partial charge on any atom is 0.287 e. The van der Waals surface area contributed by atoms with E-state index in [4.69, 9.17) is 0 Å². The lowest BCUT2D eigenvalue weighted by molar-refractivity contribution is -0.385. The van der Waals surface area contributed by atoms with Crippen LogP contribution in [0.4, 0.5) is 11.5 Å². The molecule has 100 valence electrons. The van der Waals surface area contributed by atoms with Crippen molar-refractivity contribution in [1.29, 1.82) is 0 Å². The molecule has 0 spiro atoms. The fourth-order valence-electron chi connectivity index (χ4n) is 3.30. The van der Waals surface area contributed by atoms with E-state index in [1.165, 1.54) is 23.4 Å². The van der Waals surface area contributed by atoms with E-state index >= 15 is 0 Å². The van der Waals surface area contributed by atoms with Crippen molar-refractivity contribution in [2.24, 2.45) is 5.92 Å². The summed E-state index contributed by atoms with van der Waals surface area (Å²) in [6.07, 6.45) is 2.42. The molecular weight excluding hydrogens is 254 g/mol.